The van der Waals surface area contributed by atoms with Gasteiger partial charge in [-0.05, 0) is 58.0 Å². The number of hydrogen-bond acceptors (Lipinski definition) is 3. The van der Waals surface area contributed by atoms with Crippen molar-refractivity contribution in [3.8, 4) is 0 Å². The van der Waals surface area contributed by atoms with Crippen LogP contribution in [0.25, 0.3) is 0 Å². The zero-order valence-electron chi connectivity index (χ0n) is 17.3. The Bertz CT molecular complexity index is 460. The molecule has 1 amide bonds. The maximum Gasteiger partial charge on any atom is 0.217 e. The first-order chi connectivity index (χ1) is 12.6. The van der Waals surface area contributed by atoms with Gasteiger partial charge in [0.1, 0.15) is 0 Å². The molecule has 27 heavy (non-hydrogen) atoms. The predicted octanol–water partition coefficient (Wildman–Crippen LogP) is 2.81. The van der Waals surface area contributed by atoms with Crippen LogP contribution in [0.2, 0.25) is 0 Å². The minimum atomic E-state index is -0.187. The van der Waals surface area contributed by atoms with Crippen molar-refractivity contribution in [2.45, 2.75) is 71.3 Å². The molecule has 0 radical (unpaired) electrons. The fourth-order valence-electron chi connectivity index (χ4n) is 4.25. The monoisotopic (exact) mass is 493 g/mol. The van der Waals surface area contributed by atoms with E-state index in [0.717, 1.165) is 45.0 Å². The lowest BCUT2D eigenvalue weighted by Crippen LogP contribution is -2.48. The highest BCUT2D eigenvalue weighted by Crippen LogP contribution is 2.21. The van der Waals surface area contributed by atoms with Crippen molar-refractivity contribution in [1.29, 1.82) is 0 Å². The van der Waals surface area contributed by atoms with Crippen LogP contribution in [0.1, 0.15) is 65.2 Å². The highest BCUT2D eigenvalue weighted by atomic mass is 127. The Kier molecular flexibility index (Phi) is 12.3. The number of halogens is 1. The van der Waals surface area contributed by atoms with E-state index in [1.54, 1.807) is 0 Å². The van der Waals surface area contributed by atoms with Crippen LogP contribution in [0, 0.1) is 5.92 Å². The Morgan fingerprint density at radius 1 is 1.19 bits per heavy atom. The number of primary amides is 1. The van der Waals surface area contributed by atoms with Crippen LogP contribution in [-0.2, 0) is 4.79 Å². The molecule has 7 heteroatoms. The largest absolute Gasteiger partial charge is 0.370 e. The first-order valence-electron chi connectivity index (χ1n) is 10.7. The maximum absolute atomic E-state index is 11.3. The van der Waals surface area contributed by atoms with Crippen molar-refractivity contribution in [3.05, 3.63) is 0 Å². The first kappa shape index (κ1) is 24.5. The number of unbranched alkanes of at least 4 members (excludes halogenated alkanes) is 1. The highest BCUT2D eigenvalue weighted by Gasteiger charge is 2.25. The number of aliphatic imine (C=N–C) groups is 1. The van der Waals surface area contributed by atoms with Gasteiger partial charge in [0.15, 0.2) is 5.96 Å². The summed E-state index contributed by atoms with van der Waals surface area (Å²) in [6, 6.07) is 0.579. The minimum Gasteiger partial charge on any atom is -0.370 e. The van der Waals surface area contributed by atoms with Crippen LogP contribution in [0.4, 0.5) is 0 Å². The smallest absolute Gasteiger partial charge is 0.217 e. The number of rotatable bonds is 8. The normalized spacial score (nSPS) is 24.4. The second-order valence-electron chi connectivity index (χ2n) is 7.86. The number of nitrogens with one attached hydrogen (secondary N) is 1. The average molecular weight is 493 g/mol. The van der Waals surface area contributed by atoms with Crippen molar-refractivity contribution >= 4 is 35.8 Å². The van der Waals surface area contributed by atoms with Crippen molar-refractivity contribution in [2.24, 2.45) is 16.6 Å². The van der Waals surface area contributed by atoms with E-state index in [-0.39, 0.29) is 29.9 Å². The lowest BCUT2D eigenvalue weighted by Gasteiger charge is -2.37. The minimum absolute atomic E-state index is 0. The van der Waals surface area contributed by atoms with Gasteiger partial charge in [0, 0.05) is 32.1 Å². The number of guanidine groups is 1. The number of likely N-dealkylation sites (tertiary alicyclic amines) is 2. The number of hydrogen-bond donors (Lipinski definition) is 2. The van der Waals surface area contributed by atoms with Crippen LogP contribution >= 0.6 is 24.0 Å². The fraction of sp³-hybridized carbons (Fsp3) is 0.900. The van der Waals surface area contributed by atoms with Crippen molar-refractivity contribution in [1.82, 2.24) is 15.1 Å². The molecule has 2 rings (SSSR count). The molecule has 3 N–H and O–H groups in total. The molecule has 0 saturated carbocycles. The molecular formula is C20H40IN5O. The number of amides is 1. The lowest BCUT2D eigenvalue weighted by molar-refractivity contribution is -0.119. The summed E-state index contributed by atoms with van der Waals surface area (Å²) in [5.74, 6) is 1.19. The molecule has 2 saturated heterocycles. The zero-order valence-corrected chi connectivity index (χ0v) is 19.6. The van der Waals surface area contributed by atoms with E-state index in [2.05, 4.69) is 29.0 Å². The zero-order chi connectivity index (χ0) is 18.8. The topological polar surface area (TPSA) is 74.0 Å². The molecule has 2 heterocycles. The molecule has 158 valence electrons. The number of piperidine rings is 2. The summed E-state index contributed by atoms with van der Waals surface area (Å²) in [6.07, 6.45) is 9.13. The molecule has 0 aliphatic carbocycles. The van der Waals surface area contributed by atoms with Crippen molar-refractivity contribution < 1.29 is 4.79 Å². The van der Waals surface area contributed by atoms with Gasteiger partial charge in [0.2, 0.25) is 5.91 Å². The van der Waals surface area contributed by atoms with Gasteiger partial charge in [0.25, 0.3) is 0 Å². The van der Waals surface area contributed by atoms with Gasteiger partial charge in [-0.25, -0.2) is 0 Å². The van der Waals surface area contributed by atoms with Gasteiger partial charge < -0.3 is 16.0 Å². The number of nitrogens with zero attached hydrogens (tertiary/aromatic N) is 3. The van der Waals surface area contributed by atoms with Crippen LogP contribution < -0.4 is 11.1 Å². The average Bonchev–Trinajstić information content (AvgIpc) is 2.64. The van der Waals surface area contributed by atoms with Gasteiger partial charge in [-0.1, -0.05) is 19.8 Å². The molecule has 0 aromatic carbocycles. The molecule has 2 atom stereocenters. The van der Waals surface area contributed by atoms with Gasteiger partial charge in [0.05, 0.1) is 6.54 Å². The summed E-state index contributed by atoms with van der Waals surface area (Å²) < 4.78 is 0. The third-order valence-corrected chi connectivity index (χ3v) is 5.64. The standard InChI is InChI=1S/C20H39N5O.HI/c1-3-5-11-24-12-7-6-10-18(24)15-23-20(22-4-2)25-13-8-9-17(16-25)14-19(21)26;/h17-18H,3-16H2,1-2H3,(H2,21,26)(H,22,23);1H. The molecule has 6 nitrogen and oxygen atoms in total. The Morgan fingerprint density at radius 2 is 2.00 bits per heavy atom. The van der Waals surface area contributed by atoms with E-state index in [1.165, 1.54) is 45.2 Å². The molecule has 0 spiro atoms. The van der Waals surface area contributed by atoms with E-state index in [9.17, 15) is 4.79 Å². The fourth-order valence-corrected chi connectivity index (χ4v) is 4.25. The van der Waals surface area contributed by atoms with E-state index in [4.69, 9.17) is 10.7 Å². The Morgan fingerprint density at radius 3 is 2.70 bits per heavy atom. The molecular weight excluding hydrogens is 453 g/mol. The number of carbonyl (C=O) groups is 1. The summed E-state index contributed by atoms with van der Waals surface area (Å²) in [7, 11) is 0. The first-order valence-corrected chi connectivity index (χ1v) is 10.7. The third kappa shape index (κ3) is 8.54. The SMILES string of the molecule is CCCCN1CCCCC1CN=C(NCC)N1CCCC(CC(N)=O)C1.I. The Hall–Kier alpha value is -0.570. The van der Waals surface area contributed by atoms with Gasteiger partial charge in [-0.15, -0.1) is 24.0 Å². The van der Waals surface area contributed by atoms with Crippen molar-refractivity contribution in [3.63, 3.8) is 0 Å². The van der Waals surface area contributed by atoms with E-state index < -0.39 is 0 Å². The predicted molar refractivity (Wildman–Crippen MR) is 124 cm³/mol. The summed E-state index contributed by atoms with van der Waals surface area (Å²) in [6.45, 7) is 10.5. The molecule has 0 aromatic rings. The summed E-state index contributed by atoms with van der Waals surface area (Å²) in [4.78, 5) is 21.3. The Balaban J connectivity index is 0.00000364. The summed E-state index contributed by atoms with van der Waals surface area (Å²) in [5, 5.41) is 3.47. The van der Waals surface area contributed by atoms with Gasteiger partial charge >= 0.3 is 0 Å². The summed E-state index contributed by atoms with van der Waals surface area (Å²) in [5.41, 5.74) is 5.41. The quantitative estimate of drug-likeness (QED) is 0.310. The molecule has 0 bridgehead atoms. The van der Waals surface area contributed by atoms with Crippen LogP contribution in [0.5, 0.6) is 0 Å². The lowest BCUT2D eigenvalue weighted by atomic mass is 9.95. The summed E-state index contributed by atoms with van der Waals surface area (Å²) >= 11 is 0. The highest BCUT2D eigenvalue weighted by molar-refractivity contribution is 14.0. The molecule has 2 unspecified atom stereocenters. The molecule has 2 aliphatic heterocycles. The van der Waals surface area contributed by atoms with Crippen molar-refractivity contribution in [2.75, 3.05) is 39.3 Å². The van der Waals surface area contributed by atoms with Crippen LogP contribution in [-0.4, -0.2) is 67.0 Å². The number of nitrogens with two attached hydrogens (primary N) is 1. The van der Waals surface area contributed by atoms with E-state index >= 15 is 0 Å². The van der Waals surface area contributed by atoms with E-state index in [0.29, 0.717) is 18.4 Å². The molecule has 0 aromatic heterocycles. The van der Waals surface area contributed by atoms with E-state index in [1.807, 2.05) is 0 Å². The van der Waals surface area contributed by atoms with Crippen LogP contribution in [0.3, 0.4) is 0 Å². The maximum atomic E-state index is 11.3. The molecule has 2 aliphatic rings. The van der Waals surface area contributed by atoms with Crippen LogP contribution in [0.15, 0.2) is 4.99 Å². The molecule has 2 fully saturated rings. The van der Waals surface area contributed by atoms with Gasteiger partial charge in [-0.2, -0.15) is 0 Å². The second kappa shape index (κ2) is 13.6. The third-order valence-electron chi connectivity index (χ3n) is 5.64. The second-order valence-corrected chi connectivity index (χ2v) is 7.86. The number of carbonyl (C=O) groups excluding carboxylic acids is 1. The van der Waals surface area contributed by atoms with Gasteiger partial charge in [-0.3, -0.25) is 14.7 Å². The Labute approximate surface area is 182 Å².